The van der Waals surface area contributed by atoms with Crippen LogP contribution in [0.1, 0.15) is 84.5 Å². The predicted molar refractivity (Wildman–Crippen MR) is 192 cm³/mol. The van der Waals surface area contributed by atoms with E-state index >= 15 is 0 Å². The van der Waals surface area contributed by atoms with Crippen molar-refractivity contribution in [2.24, 2.45) is 0 Å². The Labute approximate surface area is 265 Å². The van der Waals surface area contributed by atoms with Crippen molar-refractivity contribution in [3.8, 4) is 18.9 Å². The molecular formula is C36H61N5S. The molecule has 1 aliphatic heterocycles. The molecule has 1 heterocycles. The van der Waals surface area contributed by atoms with Gasteiger partial charge in [-0.2, -0.15) is 5.26 Å². The molecule has 0 amide bonds. The van der Waals surface area contributed by atoms with Crippen molar-refractivity contribution in [1.82, 2.24) is 19.8 Å². The summed E-state index contributed by atoms with van der Waals surface area (Å²) in [7, 11) is 6.49. The highest BCUT2D eigenvalue weighted by atomic mass is 32.2. The number of terminal acetylenes is 1. The molecule has 1 fully saturated rings. The third-order valence-corrected chi connectivity index (χ3v) is 7.67. The molecule has 5 nitrogen and oxygen atoms in total. The van der Waals surface area contributed by atoms with Gasteiger partial charge in [0.2, 0.25) is 0 Å². The van der Waals surface area contributed by atoms with Gasteiger partial charge in [0.1, 0.15) is 0 Å². The number of piperazine rings is 1. The van der Waals surface area contributed by atoms with Crippen LogP contribution in [0.2, 0.25) is 0 Å². The Morgan fingerprint density at radius 3 is 2.12 bits per heavy atom. The van der Waals surface area contributed by atoms with Gasteiger partial charge in [0.25, 0.3) is 0 Å². The summed E-state index contributed by atoms with van der Waals surface area (Å²) in [6, 6.07) is 8.87. The molecule has 2 rings (SSSR count). The SMILES string of the molecule is C#C.C=C(C)C#N.C=C/C(=C\CC)N1CCN(N(C)CSC(C)N(C)C)CC1c1cc(C)ccc1C(=C)C.CC.CC. The minimum absolute atomic E-state index is 0.259. The van der Waals surface area contributed by atoms with Gasteiger partial charge in [-0.25, -0.2) is 10.0 Å². The third kappa shape index (κ3) is 16.0. The molecule has 236 valence electrons. The summed E-state index contributed by atoms with van der Waals surface area (Å²) in [6.45, 7) is 33.0. The number of rotatable bonds is 10. The molecule has 0 N–H and O–H groups in total. The van der Waals surface area contributed by atoms with Crippen LogP contribution >= 0.6 is 11.8 Å². The monoisotopic (exact) mass is 595 g/mol. The van der Waals surface area contributed by atoms with E-state index in [1.807, 2.05) is 51.6 Å². The lowest BCUT2D eigenvalue weighted by Gasteiger charge is -2.47. The molecule has 1 saturated heterocycles. The summed E-state index contributed by atoms with van der Waals surface area (Å²) < 4.78 is 0. The van der Waals surface area contributed by atoms with E-state index in [1.165, 1.54) is 22.4 Å². The smallest absolute Gasteiger partial charge is 0.0937 e. The molecule has 42 heavy (non-hydrogen) atoms. The number of hydrazine groups is 1. The van der Waals surface area contributed by atoms with Crippen LogP contribution in [0, 0.1) is 31.1 Å². The van der Waals surface area contributed by atoms with Gasteiger partial charge in [0, 0.05) is 38.0 Å². The first-order valence-electron chi connectivity index (χ1n) is 14.9. The maximum absolute atomic E-state index is 7.79. The Morgan fingerprint density at radius 1 is 1.14 bits per heavy atom. The molecule has 0 radical (unpaired) electrons. The van der Waals surface area contributed by atoms with Crippen LogP contribution in [0.15, 0.2) is 61.4 Å². The number of nitriles is 1. The van der Waals surface area contributed by atoms with Crippen molar-refractivity contribution in [2.45, 2.75) is 80.2 Å². The highest BCUT2D eigenvalue weighted by Gasteiger charge is 2.32. The largest absolute Gasteiger partial charge is 0.362 e. The predicted octanol–water partition coefficient (Wildman–Crippen LogP) is 9.00. The molecule has 0 aromatic heterocycles. The number of benzene rings is 1. The Hall–Kier alpha value is -2.74. The lowest BCUT2D eigenvalue weighted by Crippen LogP contribution is -2.53. The summed E-state index contributed by atoms with van der Waals surface area (Å²) in [5.74, 6) is 0.979. The van der Waals surface area contributed by atoms with Gasteiger partial charge >= 0.3 is 0 Å². The molecule has 0 spiro atoms. The van der Waals surface area contributed by atoms with Crippen LogP contribution in [-0.4, -0.2) is 71.8 Å². The van der Waals surface area contributed by atoms with Crippen LogP contribution in [-0.2, 0) is 0 Å². The van der Waals surface area contributed by atoms with Gasteiger partial charge in [-0.05, 0) is 65.4 Å². The highest BCUT2D eigenvalue weighted by Crippen LogP contribution is 2.35. The van der Waals surface area contributed by atoms with Crippen molar-refractivity contribution in [3.63, 3.8) is 0 Å². The summed E-state index contributed by atoms with van der Waals surface area (Å²) in [6.07, 6.45) is 13.3. The van der Waals surface area contributed by atoms with Gasteiger partial charge in [0.15, 0.2) is 0 Å². The summed E-state index contributed by atoms with van der Waals surface area (Å²) in [4.78, 5) is 4.80. The van der Waals surface area contributed by atoms with Gasteiger partial charge in [-0.15, -0.1) is 24.6 Å². The minimum Gasteiger partial charge on any atom is -0.362 e. The van der Waals surface area contributed by atoms with Crippen molar-refractivity contribution in [3.05, 3.63) is 78.0 Å². The van der Waals surface area contributed by atoms with Crippen molar-refractivity contribution in [2.75, 3.05) is 46.7 Å². The highest BCUT2D eigenvalue weighted by molar-refractivity contribution is 7.99. The topological polar surface area (TPSA) is 36.8 Å². The molecule has 2 atom stereocenters. The van der Waals surface area contributed by atoms with Crippen molar-refractivity contribution < 1.29 is 0 Å². The number of hydrogen-bond donors (Lipinski definition) is 0. The number of hydrogen-bond acceptors (Lipinski definition) is 6. The second-order valence-electron chi connectivity index (χ2n) is 9.64. The van der Waals surface area contributed by atoms with E-state index in [-0.39, 0.29) is 6.04 Å². The van der Waals surface area contributed by atoms with Crippen molar-refractivity contribution >= 4 is 17.3 Å². The van der Waals surface area contributed by atoms with E-state index < -0.39 is 0 Å². The molecule has 0 aliphatic carbocycles. The van der Waals surface area contributed by atoms with Gasteiger partial charge < -0.3 is 4.90 Å². The summed E-state index contributed by atoms with van der Waals surface area (Å²) >= 11 is 1.97. The maximum Gasteiger partial charge on any atom is 0.0937 e. The van der Waals surface area contributed by atoms with Crippen molar-refractivity contribution in [1.29, 1.82) is 5.26 Å². The van der Waals surface area contributed by atoms with E-state index in [0.717, 1.165) is 37.5 Å². The van der Waals surface area contributed by atoms with E-state index in [4.69, 9.17) is 5.26 Å². The summed E-state index contributed by atoms with van der Waals surface area (Å²) in [5.41, 5.74) is 6.84. The molecule has 0 bridgehead atoms. The number of nitrogens with zero attached hydrogens (tertiary/aromatic N) is 5. The zero-order chi connectivity index (χ0) is 33.4. The number of thioether (sulfide) groups is 1. The maximum atomic E-state index is 7.79. The third-order valence-electron chi connectivity index (χ3n) is 6.24. The normalized spacial score (nSPS) is 15.2. The van der Waals surface area contributed by atoms with Crippen LogP contribution in [0.4, 0.5) is 0 Å². The van der Waals surface area contributed by atoms with Crippen LogP contribution in [0.25, 0.3) is 5.57 Å². The summed E-state index contributed by atoms with van der Waals surface area (Å²) in [5, 5.41) is 13.2. The lowest BCUT2D eigenvalue weighted by molar-refractivity contribution is -0.0401. The minimum atomic E-state index is 0.259. The zero-order valence-electron chi connectivity index (χ0n) is 29.0. The average Bonchev–Trinajstić information content (AvgIpc) is 3.01. The molecule has 0 saturated carbocycles. The fraction of sp³-hybridized carbons (Fsp3) is 0.528. The second-order valence-corrected chi connectivity index (χ2v) is 10.9. The Kier molecular flexibility index (Phi) is 27.0. The van der Waals surface area contributed by atoms with E-state index in [2.05, 4.69) is 126 Å². The zero-order valence-corrected chi connectivity index (χ0v) is 29.8. The fourth-order valence-electron chi connectivity index (χ4n) is 3.97. The Balaban J connectivity index is -0.00000121. The molecule has 6 heteroatoms. The van der Waals surface area contributed by atoms with Crippen LogP contribution in [0.3, 0.4) is 0 Å². The van der Waals surface area contributed by atoms with Crippen LogP contribution < -0.4 is 0 Å². The van der Waals surface area contributed by atoms with Gasteiger partial charge in [-0.3, -0.25) is 4.90 Å². The first kappa shape index (κ1) is 43.7. The van der Waals surface area contributed by atoms with Crippen LogP contribution in [0.5, 0.6) is 0 Å². The van der Waals surface area contributed by atoms with E-state index in [0.29, 0.717) is 10.9 Å². The number of aryl methyl sites for hydroxylation is 1. The molecule has 1 aliphatic rings. The average molecular weight is 596 g/mol. The molecule has 1 aromatic rings. The van der Waals surface area contributed by atoms with E-state index in [1.54, 1.807) is 6.92 Å². The standard InChI is InChI=1S/C26H42N4S.C4H5N.2C2H6.C2H2/c1-10-12-23(11-2)30-16-15-29(28(9)19-31-22(6)27(7)8)18-26(30)25-17-21(5)13-14-24(25)20(3)4;1-4(2)3-5;3*1-2/h11-14,17,22,26H,2-3,10,15-16,18-19H2,1,4-9H3;1H2,2H3;2*1-2H3;1-2H/b23-12+;;;;. The quantitative estimate of drug-likeness (QED) is 0.116. The Morgan fingerprint density at radius 2 is 1.69 bits per heavy atom. The first-order valence-corrected chi connectivity index (χ1v) is 16.0. The van der Waals surface area contributed by atoms with E-state index in [9.17, 15) is 0 Å². The molecular weight excluding hydrogens is 534 g/mol. The molecule has 2 unspecified atom stereocenters. The second kappa shape index (κ2) is 25.9. The fourth-order valence-corrected chi connectivity index (χ4v) is 4.87. The van der Waals surface area contributed by atoms with Gasteiger partial charge in [0.05, 0.1) is 23.4 Å². The molecule has 1 aromatic carbocycles. The first-order chi connectivity index (χ1) is 20.0. The number of allylic oxidation sites excluding steroid dienone is 4. The van der Waals surface area contributed by atoms with Gasteiger partial charge in [-0.1, -0.05) is 89.8 Å². The Bertz CT molecular complexity index is 1000. The lowest BCUT2D eigenvalue weighted by atomic mass is 9.92.